The Kier molecular flexibility index (Phi) is 6.66. The highest BCUT2D eigenvalue weighted by Crippen LogP contribution is 2.23. The minimum Gasteiger partial charge on any atom is -0.373 e. The number of sulfonamides is 1. The normalized spacial score (nSPS) is 19.6. The first-order chi connectivity index (χ1) is 15.3. The second-order valence-corrected chi connectivity index (χ2v) is 10.7. The molecule has 1 amide bonds. The number of rotatable bonds is 6. The van der Waals surface area contributed by atoms with Crippen molar-refractivity contribution in [3.8, 4) is 0 Å². The summed E-state index contributed by atoms with van der Waals surface area (Å²) in [5, 5.41) is 12.1. The van der Waals surface area contributed by atoms with Crippen LogP contribution < -0.4 is 5.32 Å². The molecule has 3 aromatic rings. The Morgan fingerprint density at radius 2 is 1.72 bits per heavy atom. The number of nitrogens with zero attached hydrogens (tertiary/aromatic N) is 3. The Morgan fingerprint density at radius 1 is 1.06 bits per heavy atom. The zero-order chi connectivity index (χ0) is 22.7. The second kappa shape index (κ2) is 9.45. The highest BCUT2D eigenvalue weighted by Gasteiger charge is 2.32. The van der Waals surface area contributed by atoms with Crippen LogP contribution in [0.25, 0.3) is 0 Å². The number of anilines is 1. The summed E-state index contributed by atoms with van der Waals surface area (Å²) in [4.78, 5) is 12.7. The molecule has 2 aromatic carbocycles. The molecule has 1 aliphatic heterocycles. The van der Waals surface area contributed by atoms with Gasteiger partial charge in [-0.2, -0.15) is 4.31 Å². The summed E-state index contributed by atoms with van der Waals surface area (Å²) in [6, 6.07) is 15.8. The van der Waals surface area contributed by atoms with Gasteiger partial charge in [-0.25, -0.2) is 8.42 Å². The minimum absolute atomic E-state index is 0.149. The van der Waals surface area contributed by atoms with Crippen LogP contribution in [-0.2, 0) is 21.2 Å². The molecule has 0 spiro atoms. The SMILES string of the molecule is C[C@@H]1CN(S(=O)(=O)c2ccc(C(=O)Nc3nnc(Cc4ccccc4)s3)cc2)C[C@H](C)O1. The summed E-state index contributed by atoms with van der Waals surface area (Å²) < 4.78 is 33.0. The van der Waals surface area contributed by atoms with E-state index in [2.05, 4.69) is 15.5 Å². The second-order valence-electron chi connectivity index (χ2n) is 7.72. The van der Waals surface area contributed by atoms with Crippen molar-refractivity contribution in [2.45, 2.75) is 37.4 Å². The van der Waals surface area contributed by atoms with Gasteiger partial charge in [-0.1, -0.05) is 41.7 Å². The van der Waals surface area contributed by atoms with Crippen LogP contribution in [0.15, 0.2) is 59.5 Å². The molecule has 0 bridgehead atoms. The number of carbonyl (C=O) groups excluding carboxylic acids is 1. The summed E-state index contributed by atoms with van der Waals surface area (Å²) in [5.41, 5.74) is 1.45. The number of ether oxygens (including phenoxy) is 1. The molecule has 0 unspecified atom stereocenters. The monoisotopic (exact) mass is 472 g/mol. The van der Waals surface area contributed by atoms with E-state index in [1.54, 1.807) is 0 Å². The van der Waals surface area contributed by atoms with Crippen LogP contribution in [0, 0.1) is 0 Å². The van der Waals surface area contributed by atoms with Crippen molar-refractivity contribution in [1.29, 1.82) is 0 Å². The Morgan fingerprint density at radius 3 is 2.38 bits per heavy atom. The van der Waals surface area contributed by atoms with Gasteiger partial charge < -0.3 is 4.74 Å². The van der Waals surface area contributed by atoms with Gasteiger partial charge in [0.25, 0.3) is 5.91 Å². The first kappa shape index (κ1) is 22.5. The standard InChI is InChI=1S/C22H24N4O4S2/c1-15-13-26(14-16(2)30-15)32(28,29)19-10-8-18(9-11-19)21(27)23-22-25-24-20(31-22)12-17-6-4-3-5-7-17/h3-11,15-16H,12-14H2,1-2H3,(H,23,25,27)/t15-,16+. The van der Waals surface area contributed by atoms with Gasteiger partial charge in [0, 0.05) is 25.1 Å². The molecule has 2 heterocycles. The summed E-state index contributed by atoms with van der Waals surface area (Å²) in [6.07, 6.45) is 0.300. The highest BCUT2D eigenvalue weighted by molar-refractivity contribution is 7.89. The molecule has 0 saturated carbocycles. The van der Waals surface area contributed by atoms with Crippen molar-refractivity contribution >= 4 is 32.4 Å². The number of hydrogen-bond donors (Lipinski definition) is 1. The smallest absolute Gasteiger partial charge is 0.257 e. The first-order valence-corrected chi connectivity index (χ1v) is 12.5. The molecule has 4 rings (SSSR count). The third kappa shape index (κ3) is 5.21. The fourth-order valence-electron chi connectivity index (χ4n) is 3.57. The maximum atomic E-state index is 13.0. The van der Waals surface area contributed by atoms with E-state index in [0.29, 0.717) is 30.2 Å². The molecule has 8 nitrogen and oxygen atoms in total. The highest BCUT2D eigenvalue weighted by atomic mass is 32.2. The van der Waals surface area contributed by atoms with Gasteiger partial charge in [0.2, 0.25) is 15.2 Å². The largest absolute Gasteiger partial charge is 0.373 e. The zero-order valence-electron chi connectivity index (χ0n) is 17.8. The van der Waals surface area contributed by atoms with Crippen molar-refractivity contribution in [2.24, 2.45) is 0 Å². The van der Waals surface area contributed by atoms with Gasteiger partial charge in [0.1, 0.15) is 5.01 Å². The average Bonchev–Trinajstić information content (AvgIpc) is 3.20. The lowest BCUT2D eigenvalue weighted by Gasteiger charge is -2.34. The number of carbonyl (C=O) groups is 1. The van der Waals surface area contributed by atoms with E-state index in [1.807, 2.05) is 44.2 Å². The molecule has 10 heteroatoms. The van der Waals surface area contributed by atoms with Crippen LogP contribution in [0.5, 0.6) is 0 Å². The van der Waals surface area contributed by atoms with E-state index in [-0.39, 0.29) is 23.0 Å². The summed E-state index contributed by atoms with van der Waals surface area (Å²) in [6.45, 7) is 4.31. The molecule has 1 aliphatic rings. The van der Waals surface area contributed by atoms with Crippen LogP contribution in [0.1, 0.15) is 34.8 Å². The number of amides is 1. The number of hydrogen-bond acceptors (Lipinski definition) is 7. The van der Waals surface area contributed by atoms with E-state index in [0.717, 1.165) is 10.6 Å². The van der Waals surface area contributed by atoms with Crippen LogP contribution in [0.2, 0.25) is 0 Å². The summed E-state index contributed by atoms with van der Waals surface area (Å²) in [7, 11) is -3.65. The number of morpholine rings is 1. The van der Waals surface area contributed by atoms with Crippen LogP contribution in [0.4, 0.5) is 5.13 Å². The third-order valence-corrected chi connectivity index (χ3v) is 7.71. The molecule has 168 valence electrons. The van der Waals surface area contributed by atoms with Crippen LogP contribution in [0.3, 0.4) is 0 Å². The first-order valence-electron chi connectivity index (χ1n) is 10.2. The number of benzene rings is 2. The molecule has 32 heavy (non-hydrogen) atoms. The van der Waals surface area contributed by atoms with Crippen molar-refractivity contribution < 1.29 is 17.9 Å². The van der Waals surface area contributed by atoms with E-state index >= 15 is 0 Å². The number of aromatic nitrogens is 2. The van der Waals surface area contributed by atoms with Crippen molar-refractivity contribution in [3.63, 3.8) is 0 Å². The predicted octanol–water partition coefficient (Wildman–Crippen LogP) is 3.18. The maximum Gasteiger partial charge on any atom is 0.257 e. The zero-order valence-corrected chi connectivity index (χ0v) is 19.4. The predicted molar refractivity (Wildman–Crippen MR) is 122 cm³/mol. The van der Waals surface area contributed by atoms with E-state index in [1.165, 1.54) is 39.9 Å². The fourth-order valence-corrected chi connectivity index (χ4v) is 5.93. The molecule has 1 fully saturated rings. The van der Waals surface area contributed by atoms with Gasteiger partial charge in [-0.15, -0.1) is 10.2 Å². The van der Waals surface area contributed by atoms with Crippen molar-refractivity contribution in [3.05, 3.63) is 70.7 Å². The lowest BCUT2D eigenvalue weighted by atomic mass is 10.2. The van der Waals surface area contributed by atoms with E-state index < -0.39 is 10.0 Å². The fraction of sp³-hybridized carbons (Fsp3) is 0.318. The Balaban J connectivity index is 1.41. The van der Waals surface area contributed by atoms with E-state index in [4.69, 9.17) is 4.74 Å². The van der Waals surface area contributed by atoms with E-state index in [9.17, 15) is 13.2 Å². The minimum atomic E-state index is -3.65. The van der Waals surface area contributed by atoms with Crippen molar-refractivity contribution in [2.75, 3.05) is 18.4 Å². The molecule has 0 radical (unpaired) electrons. The quantitative estimate of drug-likeness (QED) is 0.591. The Labute approximate surface area is 191 Å². The van der Waals surface area contributed by atoms with Crippen LogP contribution >= 0.6 is 11.3 Å². The molecule has 0 aliphatic carbocycles. The van der Waals surface area contributed by atoms with Gasteiger partial charge in [-0.05, 0) is 43.7 Å². The molecule has 1 N–H and O–H groups in total. The maximum absolute atomic E-state index is 13.0. The lowest BCUT2D eigenvalue weighted by molar-refractivity contribution is -0.0440. The Hall–Kier alpha value is -2.66. The Bertz CT molecular complexity index is 1170. The molecular weight excluding hydrogens is 448 g/mol. The summed E-state index contributed by atoms with van der Waals surface area (Å²) in [5.74, 6) is -0.370. The molecule has 2 atom stereocenters. The molecular formula is C22H24N4O4S2. The average molecular weight is 473 g/mol. The topological polar surface area (TPSA) is 101 Å². The van der Waals surface area contributed by atoms with Gasteiger partial charge in [0.05, 0.1) is 17.1 Å². The van der Waals surface area contributed by atoms with Crippen LogP contribution in [-0.4, -0.2) is 54.1 Å². The molecule has 1 saturated heterocycles. The van der Waals surface area contributed by atoms with Gasteiger partial charge in [0.15, 0.2) is 0 Å². The van der Waals surface area contributed by atoms with Gasteiger partial charge in [-0.3, -0.25) is 10.1 Å². The third-order valence-electron chi connectivity index (χ3n) is 5.03. The van der Waals surface area contributed by atoms with Gasteiger partial charge >= 0.3 is 0 Å². The summed E-state index contributed by atoms with van der Waals surface area (Å²) >= 11 is 1.31. The lowest BCUT2D eigenvalue weighted by Crippen LogP contribution is -2.48. The number of nitrogens with one attached hydrogen (secondary N) is 1. The van der Waals surface area contributed by atoms with Crippen molar-refractivity contribution in [1.82, 2.24) is 14.5 Å². The molecule has 1 aromatic heterocycles.